The number of H-pyrrole nitrogens is 1. The van der Waals surface area contributed by atoms with E-state index < -0.39 is 0 Å². The molecule has 0 aliphatic rings. The minimum absolute atomic E-state index is 0.0136. The van der Waals surface area contributed by atoms with Crippen LogP contribution in [0.2, 0.25) is 0 Å². The molecule has 1 atom stereocenters. The number of likely N-dealkylation sites (N-methyl/N-ethyl adjacent to an activating group) is 1. The van der Waals surface area contributed by atoms with Crippen LogP contribution in [0.15, 0.2) is 36.4 Å². The van der Waals surface area contributed by atoms with E-state index in [0.717, 1.165) is 54.2 Å². The lowest BCUT2D eigenvalue weighted by molar-refractivity contribution is -0.121. The number of nitrogens with one attached hydrogen (secondary N) is 3. The van der Waals surface area contributed by atoms with Crippen LogP contribution in [0.5, 0.6) is 5.75 Å². The topological polar surface area (TPSA) is 159 Å². The Morgan fingerprint density at radius 2 is 1.94 bits per heavy atom. The van der Waals surface area contributed by atoms with E-state index in [9.17, 15) is 9.59 Å². The van der Waals surface area contributed by atoms with Gasteiger partial charge in [-0.05, 0) is 68.1 Å². The van der Waals surface area contributed by atoms with Crippen LogP contribution in [0.25, 0.3) is 22.0 Å². The molecule has 10 heteroatoms. The van der Waals surface area contributed by atoms with Gasteiger partial charge in [0.1, 0.15) is 17.5 Å². The number of hydrogen-bond donors (Lipinski definition) is 4. The number of rotatable bonds is 15. The van der Waals surface area contributed by atoms with Crippen LogP contribution in [0.3, 0.4) is 0 Å². The van der Waals surface area contributed by atoms with Crippen molar-refractivity contribution in [3.63, 3.8) is 0 Å². The van der Waals surface area contributed by atoms with E-state index in [0.29, 0.717) is 31.0 Å². The number of unbranched alkanes of at least 4 members (excludes halogenated alkanes) is 2. The Morgan fingerprint density at radius 3 is 2.72 bits per heavy atom. The quantitative estimate of drug-likeness (QED) is 0.236. The molecule has 190 valence electrons. The van der Waals surface area contributed by atoms with Gasteiger partial charge in [0.2, 0.25) is 5.91 Å². The Morgan fingerprint density at radius 1 is 1.14 bits per heavy atom. The van der Waals surface area contributed by atoms with Gasteiger partial charge in [-0.1, -0.05) is 23.4 Å². The second-order valence-corrected chi connectivity index (χ2v) is 8.53. The molecular weight excluding hydrogens is 458 g/mol. The van der Waals surface area contributed by atoms with Crippen molar-refractivity contribution < 1.29 is 14.3 Å². The van der Waals surface area contributed by atoms with E-state index in [4.69, 9.17) is 15.7 Å². The van der Waals surface area contributed by atoms with Crippen LogP contribution in [0, 0.1) is 11.3 Å². The number of ether oxygens (including phenoxy) is 1. The fourth-order valence-corrected chi connectivity index (χ4v) is 3.94. The highest BCUT2D eigenvalue weighted by Crippen LogP contribution is 2.27. The lowest BCUT2D eigenvalue weighted by Gasteiger charge is -2.13. The van der Waals surface area contributed by atoms with Gasteiger partial charge in [0, 0.05) is 18.5 Å². The number of hydrogen-bond acceptors (Lipinski definition) is 8. The van der Waals surface area contributed by atoms with E-state index in [2.05, 4.69) is 32.1 Å². The molecule has 0 fully saturated rings. The molecule has 3 aromatic rings. The van der Waals surface area contributed by atoms with Crippen molar-refractivity contribution in [1.29, 1.82) is 5.26 Å². The lowest BCUT2D eigenvalue weighted by Crippen LogP contribution is -2.38. The second-order valence-electron chi connectivity index (χ2n) is 8.53. The van der Waals surface area contributed by atoms with Crippen molar-refractivity contribution >= 4 is 22.5 Å². The molecular formula is C26H33N7O3. The highest BCUT2D eigenvalue weighted by Gasteiger charge is 2.13. The average molecular weight is 492 g/mol. The van der Waals surface area contributed by atoms with Gasteiger partial charge in [-0.25, -0.2) is 5.10 Å². The molecule has 0 saturated carbocycles. The van der Waals surface area contributed by atoms with Crippen molar-refractivity contribution in [2.45, 2.75) is 44.6 Å². The molecule has 0 aliphatic heterocycles. The van der Waals surface area contributed by atoms with Crippen molar-refractivity contribution in [1.82, 2.24) is 26.0 Å². The molecule has 0 bridgehead atoms. The Bertz CT molecular complexity index is 1200. The number of fused-ring (bicyclic) bond motifs is 1. The Balaban J connectivity index is 1.33. The summed E-state index contributed by atoms with van der Waals surface area (Å²) in [4.78, 5) is 23.6. The summed E-state index contributed by atoms with van der Waals surface area (Å²) in [5.41, 5.74) is 7.09. The Kier molecular flexibility index (Phi) is 10.4. The first-order chi connectivity index (χ1) is 17.5. The number of amides is 1. The van der Waals surface area contributed by atoms with Gasteiger partial charge in [0.15, 0.2) is 11.5 Å². The molecule has 0 spiro atoms. The summed E-state index contributed by atoms with van der Waals surface area (Å²) in [6.07, 6.45) is 4.37. The number of nitrogens with two attached hydrogens (primary N) is 1. The van der Waals surface area contributed by atoms with Crippen LogP contribution in [0.1, 0.15) is 44.2 Å². The monoisotopic (exact) mass is 491 g/mol. The molecule has 1 heterocycles. The number of carbonyl (C=O) groups is 2. The van der Waals surface area contributed by atoms with Crippen LogP contribution in [-0.2, 0) is 9.59 Å². The van der Waals surface area contributed by atoms with Crippen molar-refractivity contribution in [3.05, 3.63) is 42.1 Å². The predicted molar refractivity (Wildman–Crippen MR) is 137 cm³/mol. The van der Waals surface area contributed by atoms with Crippen molar-refractivity contribution in [2.24, 2.45) is 5.73 Å². The molecule has 2 aromatic carbocycles. The predicted octanol–water partition coefficient (Wildman–Crippen LogP) is 2.45. The summed E-state index contributed by atoms with van der Waals surface area (Å²) < 4.78 is 5.87. The van der Waals surface area contributed by atoms with Crippen molar-refractivity contribution in [2.75, 3.05) is 26.7 Å². The SMILES string of the molecule is CN[C@@H](CCCCNC(=O)CCCCOc1ccc2cc(-c3nn[nH]c3C#N)ccc2c1)C(=O)CN. The summed E-state index contributed by atoms with van der Waals surface area (Å²) >= 11 is 0. The lowest BCUT2D eigenvalue weighted by atomic mass is 10.0. The third kappa shape index (κ3) is 7.60. The summed E-state index contributed by atoms with van der Waals surface area (Å²) in [6.45, 7) is 1.18. The molecule has 5 N–H and O–H groups in total. The normalized spacial score (nSPS) is 11.7. The molecule has 36 heavy (non-hydrogen) atoms. The molecule has 10 nitrogen and oxygen atoms in total. The zero-order valence-corrected chi connectivity index (χ0v) is 20.5. The molecule has 0 radical (unpaired) electrons. The standard InChI is InChI=1S/C26H33N7O3/c1-29-22(24(34)17-28)6-2-4-12-30-25(35)7-3-5-13-36-21-11-10-18-14-20(9-8-19(18)15-21)26-23(16-27)31-33-32-26/h8-11,14-15,22,29H,2-7,12-13,17,28H2,1H3,(H,30,35)(H,31,32,33)/t22-/m0/s1. The first kappa shape index (κ1) is 26.8. The number of nitriles is 1. The molecule has 3 rings (SSSR count). The molecule has 1 aromatic heterocycles. The zero-order chi connectivity index (χ0) is 25.8. The zero-order valence-electron chi connectivity index (χ0n) is 20.5. The van der Waals surface area contributed by atoms with Crippen LogP contribution < -0.4 is 21.1 Å². The Labute approximate surface area is 210 Å². The number of Topliss-reactive ketones (excluding diaryl/α,β-unsaturated/α-hetero) is 1. The number of carbonyl (C=O) groups excluding carboxylic acids is 2. The number of benzene rings is 2. The highest BCUT2D eigenvalue weighted by atomic mass is 16.5. The summed E-state index contributed by atoms with van der Waals surface area (Å²) in [7, 11) is 1.76. The summed E-state index contributed by atoms with van der Waals surface area (Å²) in [6, 6.07) is 13.5. The largest absolute Gasteiger partial charge is 0.494 e. The summed E-state index contributed by atoms with van der Waals surface area (Å²) in [5, 5.41) is 27.4. The van der Waals surface area contributed by atoms with E-state index in [1.165, 1.54) is 0 Å². The first-order valence-electron chi connectivity index (χ1n) is 12.2. The fourth-order valence-electron chi connectivity index (χ4n) is 3.94. The van der Waals surface area contributed by atoms with Gasteiger partial charge in [0.05, 0.1) is 19.2 Å². The van der Waals surface area contributed by atoms with Gasteiger partial charge in [-0.15, -0.1) is 5.10 Å². The Hall–Kier alpha value is -3.81. The highest BCUT2D eigenvalue weighted by molar-refractivity contribution is 5.88. The molecule has 0 unspecified atom stereocenters. The van der Waals surface area contributed by atoms with Gasteiger partial charge in [-0.3, -0.25) is 9.59 Å². The van der Waals surface area contributed by atoms with Crippen LogP contribution in [-0.4, -0.2) is 59.9 Å². The third-order valence-electron chi connectivity index (χ3n) is 5.99. The van der Waals surface area contributed by atoms with Gasteiger partial charge in [-0.2, -0.15) is 5.26 Å². The van der Waals surface area contributed by atoms with Gasteiger partial charge in [0.25, 0.3) is 0 Å². The minimum Gasteiger partial charge on any atom is -0.494 e. The summed E-state index contributed by atoms with van der Waals surface area (Å²) in [5.74, 6) is 0.817. The average Bonchev–Trinajstić information content (AvgIpc) is 3.39. The van der Waals surface area contributed by atoms with E-state index in [1.54, 1.807) is 7.05 Å². The molecule has 1 amide bonds. The first-order valence-corrected chi connectivity index (χ1v) is 12.2. The second kappa shape index (κ2) is 13.9. The van der Waals surface area contributed by atoms with Gasteiger partial charge >= 0.3 is 0 Å². The minimum atomic E-state index is -0.206. The maximum absolute atomic E-state index is 12.0. The van der Waals surface area contributed by atoms with Gasteiger partial charge < -0.3 is 21.1 Å². The third-order valence-corrected chi connectivity index (χ3v) is 5.99. The molecule has 0 saturated heterocycles. The fraction of sp³-hybridized carbons (Fsp3) is 0.423. The smallest absolute Gasteiger partial charge is 0.219 e. The maximum atomic E-state index is 12.0. The van der Waals surface area contributed by atoms with E-state index in [1.807, 2.05) is 36.4 Å². The number of nitrogens with zero attached hydrogens (tertiary/aromatic N) is 3. The molecule has 0 aliphatic carbocycles. The number of aromatic nitrogens is 3. The maximum Gasteiger partial charge on any atom is 0.219 e. The number of aromatic amines is 1. The van der Waals surface area contributed by atoms with Crippen molar-refractivity contribution in [3.8, 4) is 23.1 Å². The number of ketones is 1. The van der Waals surface area contributed by atoms with Crippen LogP contribution >= 0.6 is 0 Å². The van der Waals surface area contributed by atoms with E-state index >= 15 is 0 Å². The van der Waals surface area contributed by atoms with E-state index in [-0.39, 0.29) is 24.3 Å². The van der Waals surface area contributed by atoms with Crippen LogP contribution in [0.4, 0.5) is 0 Å².